The van der Waals surface area contributed by atoms with Crippen molar-refractivity contribution in [1.29, 1.82) is 0 Å². The smallest absolute Gasteiger partial charge is 0.229 e. The Bertz CT molecular complexity index is 789. The van der Waals surface area contributed by atoms with E-state index in [9.17, 15) is 4.79 Å². The Hall–Kier alpha value is -1.94. The van der Waals surface area contributed by atoms with Crippen LogP contribution < -0.4 is 5.32 Å². The predicted octanol–water partition coefficient (Wildman–Crippen LogP) is 3.80. The van der Waals surface area contributed by atoms with Crippen LogP contribution in [0.2, 0.25) is 0 Å². The van der Waals surface area contributed by atoms with E-state index in [4.69, 9.17) is 0 Å². The van der Waals surface area contributed by atoms with Crippen LogP contribution in [-0.2, 0) is 4.79 Å². The normalized spacial score (nSPS) is 14.9. The maximum Gasteiger partial charge on any atom is 0.229 e. The topological polar surface area (TPSA) is 42.0 Å². The van der Waals surface area contributed by atoms with Gasteiger partial charge < -0.3 is 5.32 Å². The molecule has 3 nitrogen and oxygen atoms in total. The summed E-state index contributed by atoms with van der Waals surface area (Å²) in [7, 11) is 0. The molecular weight excluding hydrogens is 256 g/mol. The fraction of sp³-hybridized carbons (Fsp3) is 0.200. The highest BCUT2D eigenvalue weighted by molar-refractivity contribution is 7.22. The predicted molar refractivity (Wildman–Crippen MR) is 78.5 cm³/mol. The second kappa shape index (κ2) is 4.03. The van der Waals surface area contributed by atoms with Crippen LogP contribution in [0.15, 0.2) is 36.4 Å². The zero-order valence-electron chi connectivity index (χ0n) is 10.2. The van der Waals surface area contributed by atoms with Gasteiger partial charge in [0.05, 0.1) is 10.2 Å². The summed E-state index contributed by atoms with van der Waals surface area (Å²) in [5.74, 6) is 0.326. The molecule has 0 bridgehead atoms. The highest BCUT2D eigenvalue weighted by Gasteiger charge is 2.30. The first-order valence-electron chi connectivity index (χ1n) is 6.40. The highest BCUT2D eigenvalue weighted by Crippen LogP contribution is 2.34. The highest BCUT2D eigenvalue weighted by atomic mass is 32.1. The Labute approximate surface area is 114 Å². The Morgan fingerprint density at radius 1 is 1.21 bits per heavy atom. The van der Waals surface area contributed by atoms with Gasteiger partial charge in [0.1, 0.15) is 0 Å². The molecule has 1 N–H and O–H groups in total. The largest absolute Gasteiger partial charge is 0.302 e. The van der Waals surface area contributed by atoms with Crippen molar-refractivity contribution in [2.45, 2.75) is 12.8 Å². The molecule has 2 aromatic carbocycles. The molecule has 1 aliphatic rings. The van der Waals surface area contributed by atoms with Gasteiger partial charge in [-0.05, 0) is 24.3 Å². The van der Waals surface area contributed by atoms with Gasteiger partial charge in [-0.25, -0.2) is 4.98 Å². The molecule has 94 valence electrons. The van der Waals surface area contributed by atoms with Crippen LogP contribution in [0.4, 0.5) is 5.13 Å². The van der Waals surface area contributed by atoms with E-state index in [2.05, 4.69) is 34.6 Å². The Kier molecular flexibility index (Phi) is 2.32. The van der Waals surface area contributed by atoms with Gasteiger partial charge in [0, 0.05) is 11.3 Å². The summed E-state index contributed by atoms with van der Waals surface area (Å²) >= 11 is 1.54. The molecule has 1 aliphatic carbocycles. The van der Waals surface area contributed by atoms with Crippen molar-refractivity contribution in [3.8, 4) is 0 Å². The van der Waals surface area contributed by atoms with E-state index in [1.807, 2.05) is 12.1 Å². The molecule has 1 aromatic heterocycles. The van der Waals surface area contributed by atoms with E-state index in [1.165, 1.54) is 5.39 Å². The molecule has 1 saturated carbocycles. The summed E-state index contributed by atoms with van der Waals surface area (Å²) in [6.45, 7) is 0. The third-order valence-electron chi connectivity index (χ3n) is 3.46. The number of anilines is 1. The first-order chi connectivity index (χ1) is 9.31. The van der Waals surface area contributed by atoms with E-state index >= 15 is 0 Å². The van der Waals surface area contributed by atoms with Crippen LogP contribution in [0.25, 0.3) is 21.0 Å². The Balaban J connectivity index is 1.81. The van der Waals surface area contributed by atoms with Crippen molar-refractivity contribution in [1.82, 2.24) is 4.98 Å². The maximum absolute atomic E-state index is 11.8. The van der Waals surface area contributed by atoms with Crippen LogP contribution in [0.3, 0.4) is 0 Å². The third kappa shape index (κ3) is 1.88. The number of aromatic nitrogens is 1. The van der Waals surface area contributed by atoms with Crippen molar-refractivity contribution in [3.05, 3.63) is 36.4 Å². The van der Waals surface area contributed by atoms with E-state index in [0.29, 0.717) is 5.13 Å². The zero-order valence-corrected chi connectivity index (χ0v) is 11.0. The molecule has 0 spiro atoms. The van der Waals surface area contributed by atoms with Gasteiger partial charge in [0.25, 0.3) is 0 Å². The van der Waals surface area contributed by atoms with Crippen molar-refractivity contribution in [2.75, 3.05) is 5.32 Å². The average molecular weight is 268 g/mol. The summed E-state index contributed by atoms with van der Waals surface area (Å²) in [6, 6.07) is 12.4. The van der Waals surface area contributed by atoms with Gasteiger partial charge in [-0.15, -0.1) is 0 Å². The quantitative estimate of drug-likeness (QED) is 0.768. The standard InChI is InChI=1S/C15H12N2OS/c18-14(10-5-6-10)17-15-16-13-11-4-2-1-3-9(11)7-8-12(13)19-15/h1-4,7-8,10H,5-6H2,(H,16,17,18). The number of nitrogens with one attached hydrogen (secondary N) is 1. The van der Waals surface area contributed by atoms with E-state index in [0.717, 1.165) is 28.4 Å². The molecule has 1 heterocycles. The number of fused-ring (bicyclic) bond motifs is 3. The molecule has 1 amide bonds. The second-order valence-corrected chi connectivity index (χ2v) is 5.95. The molecule has 3 aromatic rings. The fourth-order valence-corrected chi connectivity index (χ4v) is 3.15. The minimum atomic E-state index is 0.114. The van der Waals surface area contributed by atoms with E-state index in [1.54, 1.807) is 11.3 Å². The lowest BCUT2D eigenvalue weighted by atomic mass is 10.1. The van der Waals surface area contributed by atoms with Crippen LogP contribution in [0.1, 0.15) is 12.8 Å². The number of rotatable bonds is 2. The number of hydrogen-bond donors (Lipinski definition) is 1. The number of thiazole rings is 1. The summed E-state index contributed by atoms with van der Waals surface area (Å²) in [6.07, 6.45) is 2.03. The van der Waals surface area contributed by atoms with Crippen LogP contribution in [-0.4, -0.2) is 10.9 Å². The van der Waals surface area contributed by atoms with Crippen molar-refractivity contribution >= 4 is 43.4 Å². The van der Waals surface area contributed by atoms with E-state index in [-0.39, 0.29) is 11.8 Å². The summed E-state index contributed by atoms with van der Waals surface area (Å²) in [5.41, 5.74) is 0.981. The van der Waals surface area contributed by atoms with Crippen LogP contribution >= 0.6 is 11.3 Å². The first-order valence-corrected chi connectivity index (χ1v) is 7.22. The molecule has 0 atom stereocenters. The molecular formula is C15H12N2OS. The van der Waals surface area contributed by atoms with Gasteiger partial charge in [-0.3, -0.25) is 4.79 Å². The number of amides is 1. The van der Waals surface area contributed by atoms with Gasteiger partial charge in [0.2, 0.25) is 5.91 Å². The van der Waals surface area contributed by atoms with Gasteiger partial charge in [-0.2, -0.15) is 0 Å². The molecule has 0 radical (unpaired) electrons. The van der Waals surface area contributed by atoms with Crippen molar-refractivity contribution in [2.24, 2.45) is 5.92 Å². The lowest BCUT2D eigenvalue weighted by Gasteiger charge is -1.97. The fourth-order valence-electron chi connectivity index (χ4n) is 2.27. The van der Waals surface area contributed by atoms with Gasteiger partial charge in [0.15, 0.2) is 5.13 Å². The first kappa shape index (κ1) is 10.9. The second-order valence-electron chi connectivity index (χ2n) is 4.92. The SMILES string of the molecule is O=C(Nc1nc2c(ccc3ccccc32)s1)C1CC1. The minimum Gasteiger partial charge on any atom is -0.302 e. The van der Waals surface area contributed by atoms with Gasteiger partial charge >= 0.3 is 0 Å². The molecule has 0 unspecified atom stereocenters. The maximum atomic E-state index is 11.8. The average Bonchev–Trinajstić information content (AvgIpc) is 3.19. The monoisotopic (exact) mass is 268 g/mol. The number of carbonyl (C=O) groups excluding carboxylic acids is 1. The molecule has 4 heteroatoms. The molecule has 1 fully saturated rings. The Morgan fingerprint density at radius 2 is 2.05 bits per heavy atom. The number of benzene rings is 2. The van der Waals surface area contributed by atoms with Crippen molar-refractivity contribution < 1.29 is 4.79 Å². The number of nitrogens with zero attached hydrogens (tertiary/aromatic N) is 1. The van der Waals surface area contributed by atoms with Crippen LogP contribution in [0.5, 0.6) is 0 Å². The van der Waals surface area contributed by atoms with Crippen LogP contribution in [0, 0.1) is 5.92 Å². The minimum absolute atomic E-state index is 0.114. The summed E-state index contributed by atoms with van der Waals surface area (Å²) < 4.78 is 1.12. The van der Waals surface area contributed by atoms with Gasteiger partial charge in [-0.1, -0.05) is 41.7 Å². The lowest BCUT2D eigenvalue weighted by molar-refractivity contribution is -0.117. The molecule has 4 rings (SSSR count). The lowest BCUT2D eigenvalue weighted by Crippen LogP contribution is -2.12. The molecule has 19 heavy (non-hydrogen) atoms. The third-order valence-corrected chi connectivity index (χ3v) is 4.40. The molecule has 0 aliphatic heterocycles. The summed E-state index contributed by atoms with van der Waals surface area (Å²) in [5, 5.41) is 5.96. The molecule has 0 saturated heterocycles. The number of hydrogen-bond acceptors (Lipinski definition) is 3. The zero-order chi connectivity index (χ0) is 12.8. The van der Waals surface area contributed by atoms with Crippen molar-refractivity contribution in [3.63, 3.8) is 0 Å². The van der Waals surface area contributed by atoms with E-state index < -0.39 is 0 Å². The Morgan fingerprint density at radius 3 is 2.89 bits per heavy atom. The summed E-state index contributed by atoms with van der Waals surface area (Å²) in [4.78, 5) is 16.3. The number of carbonyl (C=O) groups is 1.